The number of halogens is 3. The molecule has 0 unspecified atom stereocenters. The summed E-state index contributed by atoms with van der Waals surface area (Å²) in [5.41, 5.74) is -0.970. The first-order valence-corrected chi connectivity index (χ1v) is 8.52. The van der Waals surface area contributed by atoms with Gasteiger partial charge < -0.3 is 14.8 Å². The van der Waals surface area contributed by atoms with E-state index < -0.39 is 23.3 Å². The van der Waals surface area contributed by atoms with Gasteiger partial charge in [-0.2, -0.15) is 13.2 Å². The van der Waals surface area contributed by atoms with Crippen LogP contribution in [0, 0.1) is 0 Å². The van der Waals surface area contributed by atoms with Crippen LogP contribution >= 0.6 is 0 Å². The fraction of sp³-hybridized carbons (Fsp3) is 0.611. The minimum absolute atomic E-state index is 0.266. The van der Waals surface area contributed by atoms with Crippen molar-refractivity contribution in [3.05, 3.63) is 29.3 Å². The Morgan fingerprint density at radius 3 is 2.42 bits per heavy atom. The van der Waals surface area contributed by atoms with Crippen LogP contribution in [-0.4, -0.2) is 49.3 Å². The zero-order valence-electron chi connectivity index (χ0n) is 15.3. The second-order valence-corrected chi connectivity index (χ2v) is 7.22. The van der Waals surface area contributed by atoms with Crippen LogP contribution in [0.25, 0.3) is 0 Å². The van der Waals surface area contributed by atoms with Gasteiger partial charge in [0.25, 0.3) is 0 Å². The Morgan fingerprint density at radius 1 is 1.19 bits per heavy atom. The molecule has 1 aliphatic rings. The van der Waals surface area contributed by atoms with Crippen molar-refractivity contribution in [2.45, 2.75) is 39.1 Å². The van der Waals surface area contributed by atoms with Crippen molar-refractivity contribution in [1.29, 1.82) is 0 Å². The number of nitrogens with zero attached hydrogens (tertiary/aromatic N) is 1. The van der Waals surface area contributed by atoms with Crippen LogP contribution in [0.5, 0.6) is 5.75 Å². The molecule has 0 radical (unpaired) electrons. The summed E-state index contributed by atoms with van der Waals surface area (Å²) in [7, 11) is 0. The Hall–Kier alpha value is -1.80. The number of hydrogen-bond donors (Lipinski definition) is 1. The molecule has 5 nitrogen and oxygen atoms in total. The second kappa shape index (κ2) is 8.26. The first-order chi connectivity index (χ1) is 12.0. The molecule has 0 bridgehead atoms. The topological polar surface area (TPSA) is 50.8 Å². The number of carbonyl (C=O) groups is 1. The van der Waals surface area contributed by atoms with Gasteiger partial charge in [0.15, 0.2) is 6.61 Å². The zero-order chi connectivity index (χ0) is 19.4. The number of ether oxygens (including phenoxy) is 2. The average Bonchev–Trinajstić information content (AvgIpc) is 2.52. The molecule has 1 N–H and O–H groups in total. The fourth-order valence-corrected chi connectivity index (χ4v) is 2.64. The zero-order valence-corrected chi connectivity index (χ0v) is 15.3. The van der Waals surface area contributed by atoms with Crippen molar-refractivity contribution >= 4 is 5.97 Å². The minimum atomic E-state index is -4.43. The van der Waals surface area contributed by atoms with Crippen LogP contribution in [0.1, 0.15) is 31.9 Å². The highest BCUT2D eigenvalue weighted by atomic mass is 19.4. The Morgan fingerprint density at radius 2 is 1.85 bits per heavy atom. The van der Waals surface area contributed by atoms with Crippen LogP contribution in [0.15, 0.2) is 18.2 Å². The van der Waals surface area contributed by atoms with Gasteiger partial charge in [0, 0.05) is 38.3 Å². The normalized spacial score (nSPS) is 16.4. The van der Waals surface area contributed by atoms with E-state index in [0.29, 0.717) is 12.1 Å². The summed E-state index contributed by atoms with van der Waals surface area (Å²) < 4.78 is 49.8. The highest BCUT2D eigenvalue weighted by Crippen LogP contribution is 2.33. The van der Waals surface area contributed by atoms with Crippen LogP contribution in [0.4, 0.5) is 13.2 Å². The summed E-state index contributed by atoms with van der Waals surface area (Å²) in [5.74, 6) is -0.298. The number of nitrogens with one attached hydrogen (secondary N) is 1. The van der Waals surface area contributed by atoms with Gasteiger partial charge in [0.1, 0.15) is 11.4 Å². The molecule has 1 heterocycles. The van der Waals surface area contributed by atoms with E-state index >= 15 is 0 Å². The first-order valence-electron chi connectivity index (χ1n) is 8.52. The summed E-state index contributed by atoms with van der Waals surface area (Å²) in [6.45, 7) is 8.23. The van der Waals surface area contributed by atoms with E-state index in [4.69, 9.17) is 9.47 Å². The Labute approximate surface area is 151 Å². The summed E-state index contributed by atoms with van der Waals surface area (Å²) >= 11 is 0. The van der Waals surface area contributed by atoms with E-state index in [1.807, 2.05) is 4.90 Å². The summed E-state index contributed by atoms with van der Waals surface area (Å²) in [6, 6.07) is 3.32. The van der Waals surface area contributed by atoms with Gasteiger partial charge >= 0.3 is 12.1 Å². The molecule has 1 saturated heterocycles. The Kier molecular flexibility index (Phi) is 6.52. The predicted octanol–water partition coefficient (Wildman–Crippen LogP) is 2.83. The van der Waals surface area contributed by atoms with Crippen LogP contribution in [0.3, 0.4) is 0 Å². The second-order valence-electron chi connectivity index (χ2n) is 7.22. The van der Waals surface area contributed by atoms with Crippen molar-refractivity contribution in [3.8, 4) is 5.75 Å². The third-order valence-corrected chi connectivity index (χ3v) is 3.76. The average molecular weight is 374 g/mol. The van der Waals surface area contributed by atoms with Crippen molar-refractivity contribution in [2.24, 2.45) is 0 Å². The lowest BCUT2D eigenvalue weighted by molar-refractivity contribution is -0.157. The molecule has 1 aromatic carbocycles. The molecule has 146 valence electrons. The van der Waals surface area contributed by atoms with Crippen molar-refractivity contribution in [2.75, 3.05) is 32.8 Å². The summed E-state index contributed by atoms with van der Waals surface area (Å²) in [5, 5.41) is 3.20. The number of hydrogen-bond acceptors (Lipinski definition) is 5. The lowest BCUT2D eigenvalue weighted by atomic mass is 10.1. The molecule has 0 amide bonds. The maximum absolute atomic E-state index is 13.0. The quantitative estimate of drug-likeness (QED) is 0.804. The molecule has 0 atom stereocenters. The maximum atomic E-state index is 13.0. The van der Waals surface area contributed by atoms with Gasteiger partial charge in [-0.25, -0.2) is 4.79 Å². The molecular weight excluding hydrogens is 349 g/mol. The molecule has 0 aromatic heterocycles. The molecule has 1 aromatic rings. The number of carbonyl (C=O) groups excluding carboxylic acids is 1. The van der Waals surface area contributed by atoms with Crippen molar-refractivity contribution in [1.82, 2.24) is 10.2 Å². The van der Waals surface area contributed by atoms with Crippen molar-refractivity contribution < 1.29 is 27.4 Å². The molecule has 0 spiro atoms. The molecule has 2 rings (SSSR count). The minimum Gasteiger partial charge on any atom is -0.482 e. The highest BCUT2D eigenvalue weighted by molar-refractivity contribution is 5.71. The molecule has 0 aliphatic carbocycles. The van der Waals surface area contributed by atoms with Gasteiger partial charge in [-0.3, -0.25) is 4.90 Å². The molecule has 1 fully saturated rings. The van der Waals surface area contributed by atoms with Crippen LogP contribution in [-0.2, 0) is 22.3 Å². The lowest BCUT2D eigenvalue weighted by Crippen LogP contribution is -2.43. The Bertz CT molecular complexity index is 621. The maximum Gasteiger partial charge on any atom is 0.416 e. The van der Waals surface area contributed by atoms with E-state index in [1.165, 1.54) is 6.07 Å². The van der Waals surface area contributed by atoms with E-state index in [2.05, 4.69) is 5.32 Å². The smallest absolute Gasteiger partial charge is 0.416 e. The van der Waals surface area contributed by atoms with Crippen LogP contribution < -0.4 is 10.1 Å². The fourth-order valence-electron chi connectivity index (χ4n) is 2.64. The van der Waals surface area contributed by atoms with Gasteiger partial charge in [-0.15, -0.1) is 0 Å². The SMILES string of the molecule is CC(C)(C)OC(=O)COc1ccc(C(F)(F)F)cc1CN1CCNCC1. The van der Waals surface area contributed by atoms with E-state index in [0.717, 1.165) is 38.3 Å². The predicted molar refractivity (Wildman–Crippen MR) is 90.9 cm³/mol. The van der Waals surface area contributed by atoms with E-state index in [9.17, 15) is 18.0 Å². The lowest BCUT2D eigenvalue weighted by Gasteiger charge is -2.28. The number of esters is 1. The summed E-state index contributed by atoms with van der Waals surface area (Å²) in [6.07, 6.45) is -4.43. The number of rotatable bonds is 5. The molecule has 0 saturated carbocycles. The number of benzene rings is 1. The van der Waals surface area contributed by atoms with Gasteiger partial charge in [-0.05, 0) is 39.0 Å². The van der Waals surface area contributed by atoms with Crippen molar-refractivity contribution in [3.63, 3.8) is 0 Å². The largest absolute Gasteiger partial charge is 0.482 e. The number of alkyl halides is 3. The molecule has 26 heavy (non-hydrogen) atoms. The highest BCUT2D eigenvalue weighted by Gasteiger charge is 2.31. The van der Waals surface area contributed by atoms with E-state index in [1.54, 1.807) is 20.8 Å². The standard InChI is InChI=1S/C18H25F3N2O3/c1-17(2,3)26-16(24)12-25-15-5-4-14(18(19,20)21)10-13(15)11-23-8-6-22-7-9-23/h4-5,10,22H,6-9,11-12H2,1-3H3. The number of piperazine rings is 1. The summed E-state index contributed by atoms with van der Waals surface area (Å²) in [4.78, 5) is 13.9. The first kappa shape index (κ1) is 20.5. The Balaban J connectivity index is 2.13. The molecule has 1 aliphatic heterocycles. The van der Waals surface area contributed by atoms with Gasteiger partial charge in [0.2, 0.25) is 0 Å². The van der Waals surface area contributed by atoms with E-state index in [-0.39, 0.29) is 12.4 Å². The monoisotopic (exact) mass is 374 g/mol. The van der Waals surface area contributed by atoms with Gasteiger partial charge in [-0.1, -0.05) is 0 Å². The van der Waals surface area contributed by atoms with Crippen LogP contribution in [0.2, 0.25) is 0 Å². The molecular formula is C18H25F3N2O3. The third-order valence-electron chi connectivity index (χ3n) is 3.76. The van der Waals surface area contributed by atoms with Gasteiger partial charge in [0.05, 0.1) is 5.56 Å². The molecule has 8 heteroatoms. The third kappa shape index (κ3) is 6.49.